The Hall–Kier alpha value is -1.84. The van der Waals surface area contributed by atoms with Crippen molar-refractivity contribution in [2.24, 2.45) is 0 Å². The van der Waals surface area contributed by atoms with Crippen LogP contribution in [0.4, 0.5) is 5.00 Å². The summed E-state index contributed by atoms with van der Waals surface area (Å²) in [6.07, 6.45) is 0.838. The molecule has 0 spiro atoms. The van der Waals surface area contributed by atoms with Gasteiger partial charge in [0, 0.05) is 9.35 Å². The molecule has 1 N–H and O–H groups in total. The number of aryl methyl sites for hydroxylation is 1. The minimum absolute atomic E-state index is 0.0914. The zero-order valence-electron chi connectivity index (χ0n) is 11.4. The molecule has 0 aliphatic carbocycles. The fraction of sp³-hybridized carbons (Fsp3) is 0.200. The maximum absolute atomic E-state index is 11.9. The van der Waals surface area contributed by atoms with Gasteiger partial charge >= 0.3 is 0 Å². The summed E-state index contributed by atoms with van der Waals surface area (Å²) < 4.78 is 6.34. The van der Waals surface area contributed by atoms with Crippen molar-refractivity contribution < 1.29 is 9.53 Å². The molecule has 0 aliphatic heterocycles. The zero-order valence-corrected chi connectivity index (χ0v) is 13.8. The number of anilines is 1. The number of hydrogen-bond acceptors (Lipinski definition) is 4. The van der Waals surface area contributed by atoms with Gasteiger partial charge in [-0.25, -0.2) is 0 Å². The molecule has 1 aromatic heterocycles. The van der Waals surface area contributed by atoms with Crippen LogP contribution >= 0.6 is 27.3 Å². The van der Waals surface area contributed by atoms with Crippen LogP contribution in [0.15, 0.2) is 34.8 Å². The summed E-state index contributed by atoms with van der Waals surface area (Å²) in [6, 6.07) is 11.1. The lowest BCUT2D eigenvalue weighted by Gasteiger charge is -2.06. The monoisotopic (exact) mass is 364 g/mol. The van der Waals surface area contributed by atoms with Crippen LogP contribution in [0.2, 0.25) is 0 Å². The van der Waals surface area contributed by atoms with Crippen molar-refractivity contribution in [1.82, 2.24) is 0 Å². The Morgan fingerprint density at radius 3 is 2.76 bits per heavy atom. The number of thiophene rings is 1. The van der Waals surface area contributed by atoms with Crippen molar-refractivity contribution in [2.45, 2.75) is 13.3 Å². The number of nitrogens with one attached hydrogen (secondary N) is 1. The van der Waals surface area contributed by atoms with Crippen molar-refractivity contribution in [3.63, 3.8) is 0 Å². The molecule has 0 atom stereocenters. The van der Waals surface area contributed by atoms with E-state index in [9.17, 15) is 4.79 Å². The molecule has 2 aromatic rings. The first-order chi connectivity index (χ1) is 10.1. The number of rotatable bonds is 5. The molecule has 6 heteroatoms. The van der Waals surface area contributed by atoms with E-state index >= 15 is 0 Å². The molecule has 0 aliphatic rings. The molecule has 108 valence electrons. The molecule has 0 saturated carbocycles. The van der Waals surface area contributed by atoms with Gasteiger partial charge in [0.2, 0.25) is 0 Å². The molecule has 0 unspecified atom stereocenters. The second kappa shape index (κ2) is 7.25. The Labute approximate surface area is 135 Å². The van der Waals surface area contributed by atoms with Crippen LogP contribution in [-0.4, -0.2) is 12.5 Å². The van der Waals surface area contributed by atoms with E-state index < -0.39 is 0 Å². The number of nitrogens with zero attached hydrogens (tertiary/aromatic N) is 1. The molecule has 2 rings (SSSR count). The Balaban J connectivity index is 1.94. The number of ether oxygens (including phenoxy) is 1. The first-order valence-corrected chi connectivity index (χ1v) is 7.94. The summed E-state index contributed by atoms with van der Waals surface area (Å²) in [5, 5.41) is 12.3. The molecule has 0 fully saturated rings. The third-order valence-electron chi connectivity index (χ3n) is 2.69. The third-order valence-corrected chi connectivity index (χ3v) is 4.41. The number of halogens is 1. The van der Waals surface area contributed by atoms with E-state index in [0.29, 0.717) is 16.3 Å². The number of carbonyl (C=O) groups excluding carboxylic acids is 1. The van der Waals surface area contributed by atoms with Gasteiger partial charge in [0.05, 0.1) is 5.56 Å². The van der Waals surface area contributed by atoms with Gasteiger partial charge in [0.25, 0.3) is 5.91 Å². The zero-order chi connectivity index (χ0) is 15.2. The van der Waals surface area contributed by atoms with Crippen LogP contribution in [0.5, 0.6) is 5.75 Å². The molecule has 1 amide bonds. The van der Waals surface area contributed by atoms with Gasteiger partial charge in [-0.05, 0) is 36.8 Å². The SMILES string of the molecule is CCc1cc(C#N)c(NC(=O)COc2ccc(Br)cc2)s1. The van der Waals surface area contributed by atoms with Crippen molar-refractivity contribution in [1.29, 1.82) is 5.26 Å². The van der Waals surface area contributed by atoms with E-state index in [1.54, 1.807) is 18.2 Å². The number of hydrogen-bond donors (Lipinski definition) is 1. The molecular formula is C15H13BrN2O2S. The first kappa shape index (κ1) is 15.5. The average molecular weight is 365 g/mol. The lowest BCUT2D eigenvalue weighted by atomic mass is 10.3. The average Bonchev–Trinajstić information content (AvgIpc) is 2.89. The summed E-state index contributed by atoms with van der Waals surface area (Å²) in [4.78, 5) is 12.9. The second-order valence-corrected chi connectivity index (χ2v) is 6.26. The lowest BCUT2D eigenvalue weighted by Crippen LogP contribution is -2.19. The fourth-order valence-electron chi connectivity index (χ4n) is 1.63. The topological polar surface area (TPSA) is 62.1 Å². The molecule has 21 heavy (non-hydrogen) atoms. The molecule has 0 bridgehead atoms. The van der Waals surface area contributed by atoms with Gasteiger partial charge in [-0.1, -0.05) is 22.9 Å². The van der Waals surface area contributed by atoms with E-state index in [0.717, 1.165) is 15.8 Å². The van der Waals surface area contributed by atoms with Crippen molar-refractivity contribution in [2.75, 3.05) is 11.9 Å². The van der Waals surface area contributed by atoms with Crippen LogP contribution in [0, 0.1) is 11.3 Å². The van der Waals surface area contributed by atoms with E-state index in [2.05, 4.69) is 27.3 Å². The van der Waals surface area contributed by atoms with Crippen LogP contribution in [0.25, 0.3) is 0 Å². The largest absolute Gasteiger partial charge is 0.484 e. The standard InChI is InChI=1S/C15H13BrN2O2S/c1-2-13-7-10(8-17)15(21-13)18-14(19)9-20-12-5-3-11(16)4-6-12/h3-7H,2,9H2,1H3,(H,18,19). The maximum Gasteiger partial charge on any atom is 0.262 e. The van der Waals surface area contributed by atoms with Crippen molar-refractivity contribution in [3.05, 3.63) is 45.2 Å². The number of nitriles is 1. The van der Waals surface area contributed by atoms with E-state index in [1.165, 1.54) is 11.3 Å². The molecule has 4 nitrogen and oxygen atoms in total. The van der Waals surface area contributed by atoms with Crippen molar-refractivity contribution >= 4 is 38.2 Å². The van der Waals surface area contributed by atoms with Crippen molar-refractivity contribution in [3.8, 4) is 11.8 Å². The van der Waals surface area contributed by atoms with Gasteiger partial charge in [-0.3, -0.25) is 4.79 Å². The normalized spacial score (nSPS) is 9.95. The minimum Gasteiger partial charge on any atom is -0.484 e. The minimum atomic E-state index is -0.279. The first-order valence-electron chi connectivity index (χ1n) is 6.33. The summed E-state index contributed by atoms with van der Waals surface area (Å²) in [7, 11) is 0. The van der Waals surface area contributed by atoms with Gasteiger partial charge in [0.1, 0.15) is 16.8 Å². The fourth-order valence-corrected chi connectivity index (χ4v) is 2.86. The smallest absolute Gasteiger partial charge is 0.262 e. The highest BCUT2D eigenvalue weighted by Crippen LogP contribution is 2.27. The maximum atomic E-state index is 11.9. The third kappa shape index (κ3) is 4.31. The Morgan fingerprint density at radius 2 is 2.14 bits per heavy atom. The Bertz CT molecular complexity index is 674. The summed E-state index contributed by atoms with van der Waals surface area (Å²) in [5.74, 6) is 0.341. The van der Waals surface area contributed by atoms with Gasteiger partial charge < -0.3 is 10.1 Å². The van der Waals surface area contributed by atoms with E-state index in [1.807, 2.05) is 19.1 Å². The highest BCUT2D eigenvalue weighted by Gasteiger charge is 2.11. The van der Waals surface area contributed by atoms with Crippen LogP contribution in [0.1, 0.15) is 17.4 Å². The molecule has 1 aromatic carbocycles. The Kier molecular flexibility index (Phi) is 5.37. The van der Waals surface area contributed by atoms with Gasteiger partial charge in [0.15, 0.2) is 6.61 Å². The van der Waals surface area contributed by atoms with E-state index in [4.69, 9.17) is 10.00 Å². The summed E-state index contributed by atoms with van der Waals surface area (Å²) in [5.41, 5.74) is 0.494. The highest BCUT2D eigenvalue weighted by atomic mass is 79.9. The van der Waals surface area contributed by atoms with Crippen LogP contribution in [-0.2, 0) is 11.2 Å². The predicted molar refractivity (Wildman–Crippen MR) is 86.7 cm³/mol. The molecule has 0 saturated heterocycles. The predicted octanol–water partition coefficient (Wildman–Crippen LogP) is 3.96. The number of benzene rings is 1. The highest BCUT2D eigenvalue weighted by molar-refractivity contribution is 9.10. The number of amides is 1. The summed E-state index contributed by atoms with van der Waals surface area (Å²) >= 11 is 4.75. The molecule has 1 heterocycles. The second-order valence-electron chi connectivity index (χ2n) is 4.21. The summed E-state index contributed by atoms with van der Waals surface area (Å²) in [6.45, 7) is 1.92. The Morgan fingerprint density at radius 1 is 1.43 bits per heavy atom. The van der Waals surface area contributed by atoms with Gasteiger partial charge in [-0.15, -0.1) is 11.3 Å². The van der Waals surface area contributed by atoms with Crippen LogP contribution < -0.4 is 10.1 Å². The van der Waals surface area contributed by atoms with Crippen LogP contribution in [0.3, 0.4) is 0 Å². The number of carbonyl (C=O) groups is 1. The quantitative estimate of drug-likeness (QED) is 0.872. The van der Waals surface area contributed by atoms with E-state index in [-0.39, 0.29) is 12.5 Å². The van der Waals surface area contributed by atoms with Gasteiger partial charge in [-0.2, -0.15) is 5.26 Å². The molecule has 0 radical (unpaired) electrons. The lowest BCUT2D eigenvalue weighted by molar-refractivity contribution is -0.118. The molecular weight excluding hydrogens is 352 g/mol.